The molecule has 32 heavy (non-hydrogen) atoms. The minimum Gasteiger partial charge on any atom is -0.497 e. The standard InChI is InChI=1S/C22H20N2O6S2/c1-4-30-22(26)19-17(13-5-7-14(29-2)8-6-13)12-32-21(19)23-20(25)16-11-15(31-3)9-10-18(16)24(27)28/h5-12H,4H2,1-3H3,(H,23,25). The quantitative estimate of drug-likeness (QED) is 0.200. The largest absolute Gasteiger partial charge is 0.497 e. The zero-order chi connectivity index (χ0) is 23.3. The van der Waals surface area contributed by atoms with Crippen LogP contribution in [-0.2, 0) is 4.74 Å². The Bertz CT molecular complexity index is 1160. The normalized spacial score (nSPS) is 10.5. The van der Waals surface area contributed by atoms with Crippen molar-refractivity contribution in [3.63, 3.8) is 0 Å². The van der Waals surface area contributed by atoms with Gasteiger partial charge in [-0.25, -0.2) is 4.79 Å². The number of anilines is 1. The summed E-state index contributed by atoms with van der Waals surface area (Å²) in [5.74, 6) is -0.611. The van der Waals surface area contributed by atoms with Crippen LogP contribution in [0.5, 0.6) is 5.75 Å². The maximum absolute atomic E-state index is 13.0. The van der Waals surface area contributed by atoms with Gasteiger partial charge in [-0.3, -0.25) is 14.9 Å². The van der Waals surface area contributed by atoms with Crippen molar-refractivity contribution in [2.45, 2.75) is 11.8 Å². The molecule has 0 saturated carbocycles. The van der Waals surface area contributed by atoms with Crippen molar-refractivity contribution in [2.24, 2.45) is 0 Å². The fourth-order valence-electron chi connectivity index (χ4n) is 2.99. The Hall–Kier alpha value is -3.37. The van der Waals surface area contributed by atoms with Gasteiger partial charge >= 0.3 is 5.97 Å². The SMILES string of the molecule is CCOC(=O)c1c(-c2ccc(OC)cc2)csc1NC(=O)c1cc(SC)ccc1[N+](=O)[O-]. The number of esters is 1. The number of hydrogen-bond donors (Lipinski definition) is 1. The van der Waals surface area contributed by atoms with E-state index in [4.69, 9.17) is 9.47 Å². The molecule has 0 atom stereocenters. The Kier molecular flexibility index (Phi) is 7.49. The summed E-state index contributed by atoms with van der Waals surface area (Å²) < 4.78 is 10.4. The zero-order valence-electron chi connectivity index (χ0n) is 17.5. The molecule has 0 radical (unpaired) electrons. The van der Waals surface area contributed by atoms with Crippen LogP contribution in [0.1, 0.15) is 27.6 Å². The van der Waals surface area contributed by atoms with Crippen molar-refractivity contribution < 1.29 is 24.0 Å². The maximum atomic E-state index is 13.0. The fraction of sp³-hybridized carbons (Fsp3) is 0.182. The summed E-state index contributed by atoms with van der Waals surface area (Å²) in [7, 11) is 1.56. The van der Waals surface area contributed by atoms with Gasteiger partial charge in [0, 0.05) is 21.9 Å². The molecule has 1 amide bonds. The predicted molar refractivity (Wildman–Crippen MR) is 125 cm³/mol. The lowest BCUT2D eigenvalue weighted by Gasteiger charge is -2.10. The molecule has 10 heteroatoms. The van der Waals surface area contributed by atoms with Crippen LogP contribution in [0.3, 0.4) is 0 Å². The average Bonchev–Trinajstić information content (AvgIpc) is 3.22. The maximum Gasteiger partial charge on any atom is 0.341 e. The monoisotopic (exact) mass is 472 g/mol. The molecule has 0 spiro atoms. The number of nitro groups is 1. The van der Waals surface area contributed by atoms with Gasteiger partial charge in [0.15, 0.2) is 0 Å². The molecular formula is C22H20N2O6S2. The van der Waals surface area contributed by atoms with Crippen LogP contribution in [0.25, 0.3) is 11.1 Å². The summed E-state index contributed by atoms with van der Waals surface area (Å²) >= 11 is 2.51. The number of carbonyl (C=O) groups excluding carboxylic acids is 2. The zero-order valence-corrected chi connectivity index (χ0v) is 19.2. The number of nitrogens with zero attached hydrogens (tertiary/aromatic N) is 1. The molecule has 8 nitrogen and oxygen atoms in total. The first kappa shape index (κ1) is 23.3. The van der Waals surface area contributed by atoms with Crippen molar-refractivity contribution in [2.75, 3.05) is 25.3 Å². The molecule has 166 valence electrons. The number of carbonyl (C=O) groups is 2. The fourth-order valence-corrected chi connectivity index (χ4v) is 4.38. The van der Waals surface area contributed by atoms with Crippen LogP contribution in [0, 0.1) is 10.1 Å². The lowest BCUT2D eigenvalue weighted by molar-refractivity contribution is -0.385. The van der Waals surface area contributed by atoms with Gasteiger partial charge in [-0.2, -0.15) is 0 Å². The number of thiophene rings is 1. The van der Waals surface area contributed by atoms with Crippen LogP contribution in [0.2, 0.25) is 0 Å². The molecule has 0 aliphatic rings. The van der Waals surface area contributed by atoms with E-state index in [1.807, 2.05) is 6.26 Å². The van der Waals surface area contributed by atoms with Gasteiger partial charge in [0.1, 0.15) is 21.9 Å². The van der Waals surface area contributed by atoms with Gasteiger partial charge in [0.25, 0.3) is 11.6 Å². The first-order valence-electron chi connectivity index (χ1n) is 9.46. The molecule has 3 rings (SSSR count). The van der Waals surface area contributed by atoms with Crippen LogP contribution in [0.4, 0.5) is 10.7 Å². The molecule has 0 saturated heterocycles. The number of hydrogen-bond acceptors (Lipinski definition) is 8. The molecule has 3 aromatic rings. The molecule has 2 aromatic carbocycles. The summed E-state index contributed by atoms with van der Waals surface area (Å²) in [4.78, 5) is 37.2. The smallest absolute Gasteiger partial charge is 0.341 e. The molecule has 1 aromatic heterocycles. The highest BCUT2D eigenvalue weighted by atomic mass is 32.2. The van der Waals surface area contributed by atoms with E-state index >= 15 is 0 Å². The lowest BCUT2D eigenvalue weighted by Crippen LogP contribution is -2.16. The minimum absolute atomic E-state index is 0.0870. The van der Waals surface area contributed by atoms with E-state index in [-0.39, 0.29) is 28.4 Å². The highest BCUT2D eigenvalue weighted by Crippen LogP contribution is 2.37. The third-order valence-electron chi connectivity index (χ3n) is 4.54. The number of nitro benzene ring substituents is 1. The molecule has 0 bridgehead atoms. The van der Waals surface area contributed by atoms with Gasteiger partial charge in [0.05, 0.1) is 18.6 Å². The van der Waals surface area contributed by atoms with Crippen LogP contribution < -0.4 is 10.1 Å². The van der Waals surface area contributed by atoms with Gasteiger partial charge in [-0.1, -0.05) is 12.1 Å². The van der Waals surface area contributed by atoms with Crippen molar-refractivity contribution >= 4 is 45.7 Å². The van der Waals surface area contributed by atoms with Gasteiger partial charge in [-0.15, -0.1) is 23.1 Å². The number of nitrogens with one attached hydrogen (secondary N) is 1. The summed E-state index contributed by atoms with van der Waals surface area (Å²) in [5, 5.41) is 16.1. The number of rotatable bonds is 8. The van der Waals surface area contributed by atoms with Crippen LogP contribution in [0.15, 0.2) is 52.7 Å². The highest BCUT2D eigenvalue weighted by molar-refractivity contribution is 7.98. The molecule has 0 unspecified atom stereocenters. The Morgan fingerprint density at radius 3 is 2.50 bits per heavy atom. The molecule has 1 heterocycles. The number of methoxy groups -OCH3 is 1. The minimum atomic E-state index is -0.679. The molecule has 1 N–H and O–H groups in total. The van der Waals surface area contributed by atoms with Gasteiger partial charge in [0.2, 0.25) is 0 Å². The Morgan fingerprint density at radius 2 is 1.91 bits per heavy atom. The van der Waals surface area contributed by atoms with E-state index in [0.717, 1.165) is 16.9 Å². The molecule has 0 aliphatic heterocycles. The molecular weight excluding hydrogens is 452 g/mol. The van der Waals surface area contributed by atoms with E-state index in [1.54, 1.807) is 49.7 Å². The van der Waals surface area contributed by atoms with E-state index in [2.05, 4.69) is 5.32 Å². The second-order valence-corrected chi connectivity index (χ2v) is 8.16. The van der Waals surface area contributed by atoms with E-state index in [1.165, 1.54) is 23.9 Å². The molecule has 0 fully saturated rings. The topological polar surface area (TPSA) is 108 Å². The Morgan fingerprint density at radius 1 is 1.19 bits per heavy atom. The van der Waals surface area contributed by atoms with Gasteiger partial charge < -0.3 is 14.8 Å². The van der Waals surface area contributed by atoms with Crippen molar-refractivity contribution in [1.29, 1.82) is 0 Å². The third kappa shape index (κ3) is 4.92. The summed E-state index contributed by atoms with van der Waals surface area (Å²) in [5.41, 5.74) is 1.11. The second-order valence-electron chi connectivity index (χ2n) is 6.40. The van der Waals surface area contributed by atoms with E-state index < -0.39 is 16.8 Å². The Balaban J connectivity index is 2.03. The number of ether oxygens (including phenoxy) is 2. The van der Waals surface area contributed by atoms with Crippen LogP contribution >= 0.6 is 23.1 Å². The van der Waals surface area contributed by atoms with Crippen LogP contribution in [-0.4, -0.2) is 36.8 Å². The first-order chi connectivity index (χ1) is 15.4. The van der Waals surface area contributed by atoms with Crippen molar-refractivity contribution in [1.82, 2.24) is 0 Å². The van der Waals surface area contributed by atoms with E-state index in [0.29, 0.717) is 16.2 Å². The van der Waals surface area contributed by atoms with Crippen molar-refractivity contribution in [3.8, 4) is 16.9 Å². The first-order valence-corrected chi connectivity index (χ1v) is 11.6. The highest BCUT2D eigenvalue weighted by Gasteiger charge is 2.26. The van der Waals surface area contributed by atoms with Gasteiger partial charge in [-0.05, 0) is 43.0 Å². The summed E-state index contributed by atoms with van der Waals surface area (Å²) in [6.45, 7) is 1.85. The lowest BCUT2D eigenvalue weighted by atomic mass is 10.0. The number of amides is 1. The number of thioether (sulfide) groups is 1. The van der Waals surface area contributed by atoms with Crippen molar-refractivity contribution in [3.05, 3.63) is 69.1 Å². The number of benzene rings is 2. The Labute approximate surface area is 192 Å². The van der Waals surface area contributed by atoms with E-state index in [9.17, 15) is 19.7 Å². The summed E-state index contributed by atoms with van der Waals surface area (Å²) in [6, 6.07) is 11.4. The predicted octanol–water partition coefficient (Wildman–Crippen LogP) is 5.48. The summed E-state index contributed by atoms with van der Waals surface area (Å²) in [6.07, 6.45) is 1.81. The average molecular weight is 473 g/mol. The third-order valence-corrected chi connectivity index (χ3v) is 6.16. The molecule has 0 aliphatic carbocycles. The second kappa shape index (κ2) is 10.3.